The van der Waals surface area contributed by atoms with Gasteiger partial charge in [0.25, 0.3) is 0 Å². The number of nitrogens with two attached hydrogens (primary N) is 1. The molecule has 2 rings (SSSR count). The van der Waals surface area contributed by atoms with Crippen molar-refractivity contribution in [1.82, 2.24) is 0 Å². The number of hydrogen-bond acceptors (Lipinski definition) is 2. The molecule has 0 saturated carbocycles. The zero-order valence-electron chi connectivity index (χ0n) is 11.2. The lowest BCUT2D eigenvalue weighted by molar-refractivity contribution is 0.408. The van der Waals surface area contributed by atoms with E-state index in [1.165, 1.54) is 0 Å². The molecule has 0 radical (unpaired) electrons. The number of rotatable bonds is 4. The fourth-order valence-corrected chi connectivity index (χ4v) is 2.44. The first-order valence-electron chi connectivity index (χ1n) is 6.26. The second kappa shape index (κ2) is 6.09. The molecule has 0 amide bonds. The van der Waals surface area contributed by atoms with E-state index < -0.39 is 0 Å². The van der Waals surface area contributed by atoms with Gasteiger partial charge in [-0.1, -0.05) is 48.0 Å². The molecule has 19 heavy (non-hydrogen) atoms. The van der Waals surface area contributed by atoms with Gasteiger partial charge in [0.15, 0.2) is 0 Å². The monoisotopic (exact) mass is 275 g/mol. The zero-order valence-corrected chi connectivity index (χ0v) is 11.9. The lowest BCUT2D eigenvalue weighted by atomic mass is 9.98. The second-order valence-corrected chi connectivity index (χ2v) is 4.98. The Labute approximate surface area is 119 Å². The molecular weight excluding hydrogens is 258 g/mol. The largest absolute Gasteiger partial charge is 0.496 e. The van der Waals surface area contributed by atoms with Crippen LogP contribution in [0.5, 0.6) is 5.75 Å². The Morgan fingerprint density at radius 3 is 2.63 bits per heavy atom. The standard InChI is InChI=1S/C16H18ClNO/c1-11-6-5-8-13(16(11)17)14(18)10-12-7-3-4-9-15(12)19-2/h3-9,14H,10,18H2,1-2H3. The van der Waals surface area contributed by atoms with E-state index >= 15 is 0 Å². The number of benzene rings is 2. The van der Waals surface area contributed by atoms with Crippen molar-refractivity contribution >= 4 is 11.6 Å². The summed E-state index contributed by atoms with van der Waals surface area (Å²) in [6, 6.07) is 13.7. The number of hydrogen-bond donors (Lipinski definition) is 1. The predicted octanol–water partition coefficient (Wildman–Crippen LogP) is 3.90. The minimum atomic E-state index is -0.135. The molecule has 2 aromatic carbocycles. The number of halogens is 1. The zero-order chi connectivity index (χ0) is 13.8. The van der Waals surface area contributed by atoms with Crippen LogP contribution in [0.15, 0.2) is 42.5 Å². The van der Waals surface area contributed by atoms with Crippen LogP contribution < -0.4 is 10.5 Å². The van der Waals surface area contributed by atoms with Crippen LogP contribution >= 0.6 is 11.6 Å². The van der Waals surface area contributed by atoms with Gasteiger partial charge < -0.3 is 10.5 Å². The molecular formula is C16H18ClNO. The normalized spacial score (nSPS) is 12.2. The van der Waals surface area contributed by atoms with Gasteiger partial charge in [0, 0.05) is 11.1 Å². The van der Waals surface area contributed by atoms with Gasteiger partial charge in [-0.15, -0.1) is 0 Å². The summed E-state index contributed by atoms with van der Waals surface area (Å²) in [5.74, 6) is 0.863. The third kappa shape index (κ3) is 3.09. The van der Waals surface area contributed by atoms with Crippen LogP contribution in [0.3, 0.4) is 0 Å². The Morgan fingerprint density at radius 2 is 1.89 bits per heavy atom. The Kier molecular flexibility index (Phi) is 4.46. The van der Waals surface area contributed by atoms with Crippen molar-refractivity contribution < 1.29 is 4.74 Å². The molecule has 2 nitrogen and oxygen atoms in total. The summed E-state index contributed by atoms with van der Waals surface area (Å²) in [4.78, 5) is 0. The van der Waals surface area contributed by atoms with Gasteiger partial charge in [0.2, 0.25) is 0 Å². The molecule has 0 aliphatic heterocycles. The van der Waals surface area contributed by atoms with Gasteiger partial charge in [-0.3, -0.25) is 0 Å². The molecule has 0 aliphatic rings. The van der Waals surface area contributed by atoms with Gasteiger partial charge in [0.05, 0.1) is 7.11 Å². The third-order valence-electron chi connectivity index (χ3n) is 3.25. The molecule has 0 aliphatic carbocycles. The van der Waals surface area contributed by atoms with E-state index in [4.69, 9.17) is 22.1 Å². The predicted molar refractivity (Wildman–Crippen MR) is 79.8 cm³/mol. The van der Waals surface area contributed by atoms with Gasteiger partial charge >= 0.3 is 0 Å². The van der Waals surface area contributed by atoms with Crippen LogP contribution in [0.1, 0.15) is 22.7 Å². The molecule has 1 atom stereocenters. The van der Waals surface area contributed by atoms with Crippen molar-refractivity contribution in [2.24, 2.45) is 5.73 Å². The Bertz CT molecular complexity index is 568. The summed E-state index contributed by atoms with van der Waals surface area (Å²) in [5, 5.41) is 0.755. The van der Waals surface area contributed by atoms with E-state index in [0.717, 1.165) is 27.5 Å². The first kappa shape index (κ1) is 13.9. The van der Waals surface area contributed by atoms with Gasteiger partial charge in [-0.2, -0.15) is 0 Å². The maximum absolute atomic E-state index is 6.32. The Morgan fingerprint density at radius 1 is 1.16 bits per heavy atom. The first-order valence-corrected chi connectivity index (χ1v) is 6.63. The molecule has 100 valence electrons. The van der Waals surface area contributed by atoms with E-state index in [1.54, 1.807) is 7.11 Å². The van der Waals surface area contributed by atoms with E-state index in [0.29, 0.717) is 6.42 Å². The molecule has 0 saturated heterocycles. The average molecular weight is 276 g/mol. The van der Waals surface area contributed by atoms with Crippen molar-refractivity contribution in [3.63, 3.8) is 0 Å². The fourth-order valence-electron chi connectivity index (χ4n) is 2.17. The number of para-hydroxylation sites is 1. The highest BCUT2D eigenvalue weighted by molar-refractivity contribution is 6.32. The van der Waals surface area contributed by atoms with E-state index in [9.17, 15) is 0 Å². The molecule has 0 bridgehead atoms. The lowest BCUT2D eigenvalue weighted by Gasteiger charge is -2.16. The number of ether oxygens (including phenoxy) is 1. The topological polar surface area (TPSA) is 35.2 Å². The highest BCUT2D eigenvalue weighted by Gasteiger charge is 2.14. The minimum Gasteiger partial charge on any atom is -0.496 e. The van der Waals surface area contributed by atoms with Gasteiger partial charge in [0.1, 0.15) is 5.75 Å². The van der Waals surface area contributed by atoms with Crippen LogP contribution in [-0.4, -0.2) is 7.11 Å². The molecule has 0 aromatic heterocycles. The number of methoxy groups -OCH3 is 1. The minimum absolute atomic E-state index is 0.135. The summed E-state index contributed by atoms with van der Waals surface area (Å²) in [6.07, 6.45) is 0.702. The maximum atomic E-state index is 6.32. The summed E-state index contributed by atoms with van der Waals surface area (Å²) < 4.78 is 5.35. The van der Waals surface area contributed by atoms with Crippen molar-refractivity contribution in [3.8, 4) is 5.75 Å². The van der Waals surface area contributed by atoms with Crippen LogP contribution in [0.25, 0.3) is 0 Å². The van der Waals surface area contributed by atoms with Crippen LogP contribution in [0.4, 0.5) is 0 Å². The molecule has 0 fully saturated rings. The van der Waals surface area contributed by atoms with Crippen LogP contribution in [0.2, 0.25) is 5.02 Å². The van der Waals surface area contributed by atoms with Crippen LogP contribution in [0, 0.1) is 6.92 Å². The third-order valence-corrected chi connectivity index (χ3v) is 3.77. The highest BCUT2D eigenvalue weighted by Crippen LogP contribution is 2.29. The molecule has 1 unspecified atom stereocenters. The van der Waals surface area contributed by atoms with E-state index in [2.05, 4.69) is 0 Å². The Balaban J connectivity index is 2.26. The van der Waals surface area contributed by atoms with Crippen molar-refractivity contribution in [2.45, 2.75) is 19.4 Å². The smallest absolute Gasteiger partial charge is 0.122 e. The summed E-state index contributed by atoms with van der Waals surface area (Å²) in [7, 11) is 1.67. The summed E-state index contributed by atoms with van der Waals surface area (Å²) in [5.41, 5.74) is 9.40. The van der Waals surface area contributed by atoms with E-state index in [1.807, 2.05) is 49.4 Å². The molecule has 0 spiro atoms. The van der Waals surface area contributed by atoms with Crippen molar-refractivity contribution in [2.75, 3.05) is 7.11 Å². The Hall–Kier alpha value is -1.51. The summed E-state index contributed by atoms with van der Waals surface area (Å²) in [6.45, 7) is 1.99. The first-order chi connectivity index (χ1) is 9.13. The average Bonchev–Trinajstić information content (AvgIpc) is 2.42. The van der Waals surface area contributed by atoms with E-state index in [-0.39, 0.29) is 6.04 Å². The quantitative estimate of drug-likeness (QED) is 0.918. The lowest BCUT2D eigenvalue weighted by Crippen LogP contribution is -2.14. The molecule has 2 aromatic rings. The van der Waals surface area contributed by atoms with Crippen LogP contribution in [-0.2, 0) is 6.42 Å². The van der Waals surface area contributed by atoms with Crippen molar-refractivity contribution in [1.29, 1.82) is 0 Å². The molecule has 0 heterocycles. The summed E-state index contributed by atoms with van der Waals surface area (Å²) >= 11 is 6.32. The molecule has 3 heteroatoms. The van der Waals surface area contributed by atoms with Gasteiger partial charge in [-0.05, 0) is 36.1 Å². The SMILES string of the molecule is COc1ccccc1CC(N)c1cccc(C)c1Cl. The maximum Gasteiger partial charge on any atom is 0.122 e. The highest BCUT2D eigenvalue weighted by atomic mass is 35.5. The van der Waals surface area contributed by atoms with Gasteiger partial charge in [-0.25, -0.2) is 0 Å². The number of aryl methyl sites for hydroxylation is 1. The van der Waals surface area contributed by atoms with Crippen molar-refractivity contribution in [3.05, 3.63) is 64.2 Å². The second-order valence-electron chi connectivity index (χ2n) is 4.60. The molecule has 2 N–H and O–H groups in total. The fraction of sp³-hybridized carbons (Fsp3) is 0.250.